The van der Waals surface area contributed by atoms with Gasteiger partial charge in [0.05, 0.1) is 12.7 Å². The molecule has 3 atom stereocenters. The molecule has 0 amide bonds. The number of aliphatic hydroxyl groups excluding tert-OH is 1. The van der Waals surface area contributed by atoms with Crippen LogP contribution in [0.4, 0.5) is 0 Å². The summed E-state index contributed by atoms with van der Waals surface area (Å²) >= 11 is 0. The monoisotopic (exact) mass is 128 g/mol. The van der Waals surface area contributed by atoms with Gasteiger partial charge in [-0.1, -0.05) is 0 Å². The van der Waals surface area contributed by atoms with Gasteiger partial charge in [0.25, 0.3) is 0 Å². The number of fused-ring (bicyclic) bond motifs is 2. The molecule has 0 aromatic heterocycles. The standard InChI is InChI=1S/C7H12O2/c8-7-2-5-1-6(7)4-9-3-5/h5-8H,1-4H2. The third kappa shape index (κ3) is 0.864. The zero-order valence-corrected chi connectivity index (χ0v) is 5.42. The van der Waals surface area contributed by atoms with E-state index in [0.717, 1.165) is 19.6 Å². The van der Waals surface area contributed by atoms with Crippen molar-refractivity contribution in [2.24, 2.45) is 11.8 Å². The molecule has 2 bridgehead atoms. The molecule has 1 heterocycles. The van der Waals surface area contributed by atoms with E-state index in [1.165, 1.54) is 6.42 Å². The average Bonchev–Trinajstić information content (AvgIpc) is 2.09. The van der Waals surface area contributed by atoms with Crippen molar-refractivity contribution in [3.63, 3.8) is 0 Å². The predicted molar refractivity (Wildman–Crippen MR) is 33.0 cm³/mol. The average molecular weight is 128 g/mol. The van der Waals surface area contributed by atoms with Crippen LogP contribution in [0.5, 0.6) is 0 Å². The van der Waals surface area contributed by atoms with Crippen LogP contribution < -0.4 is 0 Å². The Balaban J connectivity index is 2.07. The van der Waals surface area contributed by atoms with E-state index in [2.05, 4.69) is 0 Å². The zero-order chi connectivity index (χ0) is 6.27. The van der Waals surface area contributed by atoms with Crippen LogP contribution in [0.2, 0.25) is 0 Å². The second-order valence-electron chi connectivity index (χ2n) is 3.20. The first kappa shape index (κ1) is 5.69. The van der Waals surface area contributed by atoms with E-state index >= 15 is 0 Å². The summed E-state index contributed by atoms with van der Waals surface area (Å²) in [5.41, 5.74) is 0. The maximum Gasteiger partial charge on any atom is 0.0594 e. The number of hydrogen-bond acceptors (Lipinski definition) is 2. The van der Waals surface area contributed by atoms with E-state index < -0.39 is 0 Å². The molecule has 0 radical (unpaired) electrons. The fourth-order valence-corrected chi connectivity index (χ4v) is 1.92. The van der Waals surface area contributed by atoms with Crippen LogP contribution >= 0.6 is 0 Å². The minimum Gasteiger partial charge on any atom is -0.393 e. The fourth-order valence-electron chi connectivity index (χ4n) is 1.92. The predicted octanol–water partition coefficient (Wildman–Crippen LogP) is 0.404. The molecule has 1 aliphatic heterocycles. The quantitative estimate of drug-likeness (QED) is 0.512. The Morgan fingerprint density at radius 2 is 2.11 bits per heavy atom. The molecule has 2 heteroatoms. The molecule has 1 saturated heterocycles. The van der Waals surface area contributed by atoms with Gasteiger partial charge in [-0.25, -0.2) is 0 Å². The lowest BCUT2D eigenvalue weighted by Gasteiger charge is -2.18. The lowest BCUT2D eigenvalue weighted by molar-refractivity contribution is 0.0257. The van der Waals surface area contributed by atoms with Gasteiger partial charge < -0.3 is 9.84 Å². The molecule has 0 aromatic rings. The van der Waals surface area contributed by atoms with Gasteiger partial charge in [-0.05, 0) is 18.8 Å². The Morgan fingerprint density at radius 3 is 2.78 bits per heavy atom. The number of rotatable bonds is 0. The first-order valence-corrected chi connectivity index (χ1v) is 3.62. The Morgan fingerprint density at radius 1 is 1.22 bits per heavy atom. The number of aliphatic hydroxyl groups is 1. The van der Waals surface area contributed by atoms with Crippen molar-refractivity contribution in [2.75, 3.05) is 13.2 Å². The van der Waals surface area contributed by atoms with Crippen molar-refractivity contribution in [2.45, 2.75) is 18.9 Å². The minimum atomic E-state index is -0.0579. The molecule has 0 spiro atoms. The van der Waals surface area contributed by atoms with Crippen LogP contribution in [0.15, 0.2) is 0 Å². The van der Waals surface area contributed by atoms with Crippen LogP contribution in [-0.2, 0) is 4.74 Å². The molecular weight excluding hydrogens is 116 g/mol. The van der Waals surface area contributed by atoms with Gasteiger partial charge in [0.15, 0.2) is 0 Å². The Hall–Kier alpha value is -0.0800. The molecule has 52 valence electrons. The van der Waals surface area contributed by atoms with Gasteiger partial charge in [0, 0.05) is 12.5 Å². The first-order valence-electron chi connectivity index (χ1n) is 3.62. The highest BCUT2D eigenvalue weighted by molar-refractivity contribution is 4.85. The Kier molecular flexibility index (Phi) is 1.24. The van der Waals surface area contributed by atoms with Crippen molar-refractivity contribution in [1.29, 1.82) is 0 Å². The fraction of sp³-hybridized carbons (Fsp3) is 1.00. The molecule has 0 aromatic carbocycles. The molecule has 2 rings (SSSR count). The van der Waals surface area contributed by atoms with E-state index in [4.69, 9.17) is 4.74 Å². The number of ether oxygens (including phenoxy) is 1. The van der Waals surface area contributed by atoms with Gasteiger partial charge in [-0.15, -0.1) is 0 Å². The highest BCUT2D eigenvalue weighted by atomic mass is 16.5. The molecule has 9 heavy (non-hydrogen) atoms. The molecule has 1 saturated carbocycles. The maximum absolute atomic E-state index is 9.32. The summed E-state index contributed by atoms with van der Waals surface area (Å²) in [6, 6.07) is 0. The van der Waals surface area contributed by atoms with Crippen LogP contribution in [0.25, 0.3) is 0 Å². The minimum absolute atomic E-state index is 0.0579. The highest BCUT2D eigenvalue weighted by Gasteiger charge is 2.36. The first-order chi connectivity index (χ1) is 4.36. The van der Waals surface area contributed by atoms with E-state index in [1.807, 2.05) is 0 Å². The van der Waals surface area contributed by atoms with E-state index in [9.17, 15) is 5.11 Å². The van der Waals surface area contributed by atoms with E-state index in [-0.39, 0.29) is 6.10 Å². The van der Waals surface area contributed by atoms with Gasteiger partial charge in [-0.2, -0.15) is 0 Å². The van der Waals surface area contributed by atoms with Crippen LogP contribution in [0, 0.1) is 11.8 Å². The summed E-state index contributed by atoms with van der Waals surface area (Å²) in [7, 11) is 0. The molecule has 1 N–H and O–H groups in total. The molecule has 2 aliphatic rings. The summed E-state index contributed by atoms with van der Waals surface area (Å²) in [6.45, 7) is 1.67. The SMILES string of the molecule is OC1CC2COCC1C2. The van der Waals surface area contributed by atoms with Gasteiger partial charge >= 0.3 is 0 Å². The van der Waals surface area contributed by atoms with Crippen molar-refractivity contribution in [3.8, 4) is 0 Å². The molecule has 2 nitrogen and oxygen atoms in total. The maximum atomic E-state index is 9.32. The zero-order valence-electron chi connectivity index (χ0n) is 5.42. The third-order valence-corrected chi connectivity index (χ3v) is 2.44. The lowest BCUT2D eigenvalue weighted by atomic mass is 10.0. The van der Waals surface area contributed by atoms with Crippen LogP contribution in [0.3, 0.4) is 0 Å². The third-order valence-electron chi connectivity index (χ3n) is 2.44. The Labute approximate surface area is 54.8 Å². The Bertz CT molecular complexity index is 111. The van der Waals surface area contributed by atoms with E-state index in [1.54, 1.807) is 0 Å². The van der Waals surface area contributed by atoms with Crippen molar-refractivity contribution in [1.82, 2.24) is 0 Å². The molecular formula is C7H12O2. The number of hydrogen-bond donors (Lipinski definition) is 1. The molecule has 2 fully saturated rings. The summed E-state index contributed by atoms with van der Waals surface area (Å²) in [4.78, 5) is 0. The second kappa shape index (κ2) is 1.96. The summed E-state index contributed by atoms with van der Waals surface area (Å²) in [6.07, 6.45) is 2.11. The molecule has 1 aliphatic carbocycles. The largest absolute Gasteiger partial charge is 0.393 e. The summed E-state index contributed by atoms with van der Waals surface area (Å²) < 4.78 is 5.27. The second-order valence-corrected chi connectivity index (χ2v) is 3.20. The van der Waals surface area contributed by atoms with Gasteiger partial charge in [0.1, 0.15) is 0 Å². The summed E-state index contributed by atoms with van der Waals surface area (Å²) in [5.74, 6) is 1.13. The van der Waals surface area contributed by atoms with Gasteiger partial charge in [-0.3, -0.25) is 0 Å². The topological polar surface area (TPSA) is 29.5 Å². The van der Waals surface area contributed by atoms with Crippen molar-refractivity contribution < 1.29 is 9.84 Å². The van der Waals surface area contributed by atoms with Crippen LogP contribution in [-0.4, -0.2) is 24.4 Å². The smallest absolute Gasteiger partial charge is 0.0594 e. The highest BCUT2D eigenvalue weighted by Crippen LogP contribution is 2.35. The van der Waals surface area contributed by atoms with Crippen LogP contribution in [0.1, 0.15) is 12.8 Å². The van der Waals surface area contributed by atoms with Crippen molar-refractivity contribution >= 4 is 0 Å². The lowest BCUT2D eigenvalue weighted by Crippen LogP contribution is -2.21. The van der Waals surface area contributed by atoms with E-state index in [0.29, 0.717) is 11.8 Å². The normalized spacial score (nSPS) is 49.7. The van der Waals surface area contributed by atoms with Gasteiger partial charge in [0.2, 0.25) is 0 Å². The summed E-state index contributed by atoms with van der Waals surface area (Å²) in [5, 5.41) is 9.32. The molecule has 3 unspecified atom stereocenters. The van der Waals surface area contributed by atoms with Crippen molar-refractivity contribution in [3.05, 3.63) is 0 Å².